The molecule has 45 heavy (non-hydrogen) atoms. The third-order valence-electron chi connectivity index (χ3n) is 7.65. The molecular weight excluding hydrogens is 578 g/mol. The number of benzene rings is 2. The van der Waals surface area contributed by atoms with Crippen LogP contribution in [0.15, 0.2) is 48.5 Å². The van der Waals surface area contributed by atoms with Crippen molar-refractivity contribution in [2.75, 3.05) is 13.1 Å². The van der Waals surface area contributed by atoms with E-state index in [0.717, 1.165) is 43.0 Å². The highest BCUT2D eigenvalue weighted by Crippen LogP contribution is 2.16. The van der Waals surface area contributed by atoms with Crippen LogP contribution in [0, 0.1) is 17.0 Å². The zero-order valence-electron chi connectivity index (χ0n) is 27.1. The molecule has 0 bridgehead atoms. The Morgan fingerprint density at radius 1 is 0.867 bits per heavy atom. The molecule has 2 aromatic carbocycles. The Hall–Kier alpha value is -3.37. The van der Waals surface area contributed by atoms with E-state index in [1.165, 1.54) is 19.3 Å². The molecule has 2 aromatic rings. The lowest BCUT2D eigenvalue weighted by Crippen LogP contribution is -2.52. The minimum atomic E-state index is -1.17. The second kappa shape index (κ2) is 19.9. The van der Waals surface area contributed by atoms with E-state index >= 15 is 0 Å². The van der Waals surface area contributed by atoms with Gasteiger partial charge in [-0.15, -0.1) is 0 Å². The molecule has 10 heteroatoms. The fraction of sp³-hybridized carbons (Fsp3) is 0.571. The first-order chi connectivity index (χ1) is 21.4. The highest BCUT2D eigenvalue weighted by atomic mass is 19.1. The number of amides is 2. The first kappa shape index (κ1) is 37.8. The van der Waals surface area contributed by atoms with E-state index in [2.05, 4.69) is 17.6 Å². The van der Waals surface area contributed by atoms with Crippen LogP contribution in [0.2, 0.25) is 0 Å². The zero-order chi connectivity index (χ0) is 33.2. The van der Waals surface area contributed by atoms with Crippen LogP contribution in [0.4, 0.5) is 8.78 Å². The highest BCUT2D eigenvalue weighted by Gasteiger charge is 2.31. The summed E-state index contributed by atoms with van der Waals surface area (Å²) in [5.41, 5.74) is 12.9. The van der Waals surface area contributed by atoms with E-state index in [0.29, 0.717) is 12.8 Å². The van der Waals surface area contributed by atoms with Gasteiger partial charge >= 0.3 is 5.97 Å². The van der Waals surface area contributed by atoms with Gasteiger partial charge in [0.05, 0.1) is 6.04 Å². The SMILES string of the molecule is CCCCCCCCCC(=O)OC(C(=O)NCC(C)(C)CNC(=O)CC(N)Cc1cc(F)ccc1F)C(N)Cc1ccccc1. The Bertz CT molecular complexity index is 1200. The molecule has 0 heterocycles. The van der Waals surface area contributed by atoms with E-state index in [1.807, 2.05) is 44.2 Å². The fourth-order valence-corrected chi connectivity index (χ4v) is 4.95. The van der Waals surface area contributed by atoms with Gasteiger partial charge < -0.3 is 26.8 Å². The first-order valence-corrected chi connectivity index (χ1v) is 16.1. The fourth-order valence-electron chi connectivity index (χ4n) is 4.95. The minimum Gasteiger partial charge on any atom is -0.451 e. The number of ether oxygens (including phenoxy) is 1. The van der Waals surface area contributed by atoms with Crippen molar-refractivity contribution in [3.8, 4) is 0 Å². The summed E-state index contributed by atoms with van der Waals surface area (Å²) in [6.07, 6.45) is 6.77. The molecule has 2 rings (SSSR count). The number of hydrogen-bond donors (Lipinski definition) is 4. The molecule has 0 fully saturated rings. The Morgan fingerprint density at radius 2 is 1.51 bits per heavy atom. The molecule has 3 atom stereocenters. The van der Waals surface area contributed by atoms with Gasteiger partial charge in [0.15, 0.2) is 6.10 Å². The highest BCUT2D eigenvalue weighted by molar-refractivity contribution is 5.84. The first-order valence-electron chi connectivity index (χ1n) is 16.1. The summed E-state index contributed by atoms with van der Waals surface area (Å²) < 4.78 is 33.0. The predicted octanol–water partition coefficient (Wildman–Crippen LogP) is 5.11. The summed E-state index contributed by atoms with van der Waals surface area (Å²) in [5, 5.41) is 5.65. The second-order valence-electron chi connectivity index (χ2n) is 12.7. The van der Waals surface area contributed by atoms with Crippen LogP contribution >= 0.6 is 0 Å². The Balaban J connectivity index is 1.88. The molecular formula is C35H52F2N4O4. The summed E-state index contributed by atoms with van der Waals surface area (Å²) in [5.74, 6) is -2.44. The summed E-state index contributed by atoms with van der Waals surface area (Å²) in [6, 6.07) is 11.1. The van der Waals surface area contributed by atoms with Crippen molar-refractivity contribution in [1.29, 1.82) is 0 Å². The van der Waals surface area contributed by atoms with E-state index in [-0.39, 0.29) is 43.8 Å². The van der Waals surface area contributed by atoms with Crippen molar-refractivity contribution in [3.05, 3.63) is 71.3 Å². The van der Waals surface area contributed by atoms with Gasteiger partial charge in [-0.2, -0.15) is 0 Å². The van der Waals surface area contributed by atoms with Gasteiger partial charge in [-0.25, -0.2) is 8.78 Å². The smallest absolute Gasteiger partial charge is 0.306 e. The summed E-state index contributed by atoms with van der Waals surface area (Å²) in [7, 11) is 0. The third-order valence-corrected chi connectivity index (χ3v) is 7.65. The zero-order valence-corrected chi connectivity index (χ0v) is 27.1. The molecule has 0 aliphatic carbocycles. The number of rotatable bonds is 21. The molecule has 2 amide bonds. The average Bonchev–Trinajstić information content (AvgIpc) is 2.99. The molecule has 0 aliphatic rings. The van der Waals surface area contributed by atoms with Crippen LogP contribution in [-0.2, 0) is 32.0 Å². The Labute approximate surface area is 267 Å². The van der Waals surface area contributed by atoms with Crippen LogP contribution < -0.4 is 22.1 Å². The standard InChI is InChI=1S/C35H52F2N4O4/c1-4-5-6-7-8-9-13-16-32(43)45-33(30(39)19-25-14-11-10-12-15-25)34(44)41-24-35(2,3)23-40-31(42)22-28(38)21-26-20-27(36)17-18-29(26)37/h10-12,14-15,17-18,20,28,30,33H,4-9,13,16,19,21-24,38-39H2,1-3H3,(H,40,42)(H,41,44). The van der Waals surface area contributed by atoms with Gasteiger partial charge in [-0.05, 0) is 54.0 Å². The number of nitrogens with two attached hydrogens (primary N) is 2. The number of halogens is 2. The third kappa shape index (κ3) is 15.5. The van der Waals surface area contributed by atoms with Crippen molar-refractivity contribution in [2.24, 2.45) is 16.9 Å². The molecule has 250 valence electrons. The lowest BCUT2D eigenvalue weighted by Gasteiger charge is -2.28. The predicted molar refractivity (Wildman–Crippen MR) is 173 cm³/mol. The van der Waals surface area contributed by atoms with Gasteiger partial charge in [0.25, 0.3) is 5.91 Å². The van der Waals surface area contributed by atoms with E-state index in [9.17, 15) is 23.2 Å². The Morgan fingerprint density at radius 3 is 2.20 bits per heavy atom. The van der Waals surface area contributed by atoms with Crippen LogP contribution in [0.3, 0.4) is 0 Å². The van der Waals surface area contributed by atoms with Crippen molar-refractivity contribution >= 4 is 17.8 Å². The topological polar surface area (TPSA) is 137 Å². The lowest BCUT2D eigenvalue weighted by atomic mass is 9.92. The normalized spacial score (nSPS) is 13.5. The van der Waals surface area contributed by atoms with Gasteiger partial charge in [0.2, 0.25) is 5.91 Å². The van der Waals surface area contributed by atoms with Crippen molar-refractivity contribution in [2.45, 2.75) is 110 Å². The quantitative estimate of drug-likeness (QED) is 0.112. The molecule has 0 spiro atoms. The maximum absolute atomic E-state index is 13.9. The minimum absolute atomic E-state index is 0.0127. The summed E-state index contributed by atoms with van der Waals surface area (Å²) in [4.78, 5) is 38.6. The molecule has 0 saturated carbocycles. The summed E-state index contributed by atoms with van der Waals surface area (Å²) in [6.45, 7) is 6.29. The maximum Gasteiger partial charge on any atom is 0.306 e. The largest absolute Gasteiger partial charge is 0.451 e. The molecule has 0 aromatic heterocycles. The average molecular weight is 631 g/mol. The number of nitrogens with one attached hydrogen (secondary N) is 2. The van der Waals surface area contributed by atoms with Crippen molar-refractivity contribution in [3.63, 3.8) is 0 Å². The second-order valence-corrected chi connectivity index (χ2v) is 12.7. The van der Waals surface area contributed by atoms with Crippen LogP contribution in [0.1, 0.15) is 89.7 Å². The lowest BCUT2D eigenvalue weighted by molar-refractivity contribution is -0.157. The van der Waals surface area contributed by atoms with Crippen LogP contribution in [-0.4, -0.2) is 49.1 Å². The molecule has 3 unspecified atom stereocenters. The Kier molecular flexibility index (Phi) is 16.7. The molecule has 6 N–H and O–H groups in total. The van der Waals surface area contributed by atoms with Crippen molar-refractivity contribution < 1.29 is 27.9 Å². The van der Waals surface area contributed by atoms with E-state index < -0.39 is 47.1 Å². The van der Waals surface area contributed by atoms with E-state index in [4.69, 9.17) is 16.2 Å². The van der Waals surface area contributed by atoms with Crippen LogP contribution in [0.25, 0.3) is 0 Å². The number of carbonyl (C=O) groups is 3. The van der Waals surface area contributed by atoms with Gasteiger partial charge in [-0.3, -0.25) is 14.4 Å². The van der Waals surface area contributed by atoms with Crippen molar-refractivity contribution in [1.82, 2.24) is 10.6 Å². The van der Waals surface area contributed by atoms with E-state index in [1.54, 1.807) is 0 Å². The molecule has 0 radical (unpaired) electrons. The van der Waals surface area contributed by atoms with Gasteiger partial charge in [0.1, 0.15) is 11.6 Å². The summed E-state index contributed by atoms with van der Waals surface area (Å²) >= 11 is 0. The monoisotopic (exact) mass is 630 g/mol. The number of carbonyl (C=O) groups excluding carboxylic acids is 3. The number of hydrogen-bond acceptors (Lipinski definition) is 6. The number of esters is 1. The number of unbranched alkanes of at least 4 members (excludes halogenated alkanes) is 6. The maximum atomic E-state index is 13.9. The molecule has 8 nitrogen and oxygen atoms in total. The molecule has 0 saturated heterocycles. The van der Waals surface area contributed by atoms with Gasteiger partial charge in [0, 0.05) is 32.0 Å². The molecule has 0 aliphatic heterocycles. The van der Waals surface area contributed by atoms with Crippen LogP contribution in [0.5, 0.6) is 0 Å². The van der Waals surface area contributed by atoms with Gasteiger partial charge in [-0.1, -0.05) is 89.6 Å².